The number of rotatable bonds is 3. The van der Waals surface area contributed by atoms with Crippen LogP contribution < -0.4 is 0 Å². The van der Waals surface area contributed by atoms with E-state index in [1.165, 1.54) is 6.20 Å². The summed E-state index contributed by atoms with van der Waals surface area (Å²) in [5, 5.41) is 9.88. The maximum Gasteiger partial charge on any atom is 0.307 e. The van der Waals surface area contributed by atoms with Gasteiger partial charge in [0, 0.05) is 11.8 Å². The van der Waals surface area contributed by atoms with Gasteiger partial charge in [-0.3, -0.25) is 4.79 Å². The number of hydrogen-bond donors (Lipinski definition) is 1. The summed E-state index contributed by atoms with van der Waals surface area (Å²) in [5.41, 5.74) is 1.57. The van der Waals surface area contributed by atoms with Crippen LogP contribution in [0.25, 0.3) is 11.1 Å². The second-order valence-corrected chi connectivity index (χ2v) is 5.51. The largest absolute Gasteiger partial charge is 0.481 e. The van der Waals surface area contributed by atoms with Gasteiger partial charge in [-0.15, -0.1) is 0 Å². The molecule has 0 bridgehead atoms. The molecule has 0 aliphatic carbocycles. The van der Waals surface area contributed by atoms with Gasteiger partial charge in [-0.1, -0.05) is 46.4 Å². The first kappa shape index (κ1) is 15.4. The molecule has 2 rings (SSSR count). The van der Waals surface area contributed by atoms with E-state index in [9.17, 15) is 4.79 Å². The molecule has 1 N–H and O–H groups in total. The molecular weight excluding hydrogens is 344 g/mol. The normalized spacial score (nSPS) is 10.6. The highest BCUT2D eigenvalue weighted by Crippen LogP contribution is 2.38. The molecule has 0 atom stereocenters. The minimum Gasteiger partial charge on any atom is -0.481 e. The average Bonchev–Trinajstić information content (AvgIpc) is 2.35. The Morgan fingerprint density at radius 2 is 1.75 bits per heavy atom. The van der Waals surface area contributed by atoms with E-state index in [2.05, 4.69) is 4.98 Å². The van der Waals surface area contributed by atoms with Crippen LogP contribution in [0.2, 0.25) is 20.2 Å². The molecule has 0 amide bonds. The lowest BCUT2D eigenvalue weighted by atomic mass is 10.00. The summed E-state index contributed by atoms with van der Waals surface area (Å²) in [7, 11) is 0. The zero-order valence-electron chi connectivity index (χ0n) is 9.83. The predicted octanol–water partition coefficient (Wildman–Crippen LogP) is 4.99. The molecule has 104 valence electrons. The standard InChI is InChI=1S/C13H7Cl4NO2/c14-8-3-7(4-9(15)12(8)16)11-6(5-10(19)20)1-2-18-13(11)17/h1-4H,5H2,(H,19,20). The molecule has 0 aliphatic heterocycles. The highest BCUT2D eigenvalue weighted by Gasteiger charge is 2.16. The van der Waals surface area contributed by atoms with Crippen molar-refractivity contribution in [1.82, 2.24) is 4.98 Å². The Kier molecular flexibility index (Phi) is 4.76. The highest BCUT2D eigenvalue weighted by atomic mass is 35.5. The molecule has 2 aromatic rings. The quantitative estimate of drug-likeness (QED) is 0.626. The van der Waals surface area contributed by atoms with Crippen molar-refractivity contribution in [2.45, 2.75) is 6.42 Å². The maximum absolute atomic E-state index is 10.9. The molecule has 1 aromatic carbocycles. The molecule has 7 heteroatoms. The summed E-state index contributed by atoms with van der Waals surface area (Å²) >= 11 is 23.9. The van der Waals surface area contributed by atoms with Crippen molar-refractivity contribution in [2.75, 3.05) is 0 Å². The molecule has 0 aliphatic rings. The molecule has 20 heavy (non-hydrogen) atoms. The summed E-state index contributed by atoms with van der Waals surface area (Å²) in [4.78, 5) is 14.9. The fourth-order valence-electron chi connectivity index (χ4n) is 1.79. The predicted molar refractivity (Wildman–Crippen MR) is 81.1 cm³/mol. The first-order valence-corrected chi connectivity index (χ1v) is 6.91. The SMILES string of the molecule is O=C(O)Cc1ccnc(Cl)c1-c1cc(Cl)c(Cl)c(Cl)c1. The van der Waals surface area contributed by atoms with Gasteiger partial charge >= 0.3 is 5.97 Å². The number of pyridine rings is 1. The lowest BCUT2D eigenvalue weighted by Crippen LogP contribution is -2.03. The number of carboxylic acids is 1. The zero-order chi connectivity index (χ0) is 14.9. The Labute approximate surface area is 135 Å². The van der Waals surface area contributed by atoms with Crippen LogP contribution in [0.5, 0.6) is 0 Å². The van der Waals surface area contributed by atoms with E-state index in [0.29, 0.717) is 16.7 Å². The first-order valence-electron chi connectivity index (χ1n) is 5.40. The number of carbonyl (C=O) groups is 1. The van der Waals surface area contributed by atoms with E-state index in [-0.39, 0.29) is 26.6 Å². The van der Waals surface area contributed by atoms with Crippen LogP contribution in [0.1, 0.15) is 5.56 Å². The van der Waals surface area contributed by atoms with Gasteiger partial charge < -0.3 is 5.11 Å². The van der Waals surface area contributed by atoms with Gasteiger partial charge in [-0.05, 0) is 29.3 Å². The summed E-state index contributed by atoms with van der Waals surface area (Å²) < 4.78 is 0. The topological polar surface area (TPSA) is 50.2 Å². The molecule has 3 nitrogen and oxygen atoms in total. The van der Waals surface area contributed by atoms with E-state index in [4.69, 9.17) is 51.5 Å². The minimum absolute atomic E-state index is 0.179. The highest BCUT2D eigenvalue weighted by molar-refractivity contribution is 6.48. The van der Waals surface area contributed by atoms with E-state index >= 15 is 0 Å². The lowest BCUT2D eigenvalue weighted by Gasteiger charge is -2.11. The first-order chi connectivity index (χ1) is 9.40. The third-order valence-corrected chi connectivity index (χ3v) is 4.09. The molecule has 0 saturated carbocycles. The van der Waals surface area contributed by atoms with E-state index in [0.717, 1.165) is 0 Å². The number of nitrogens with zero attached hydrogens (tertiary/aromatic N) is 1. The molecule has 0 radical (unpaired) electrons. The zero-order valence-corrected chi connectivity index (χ0v) is 12.9. The van der Waals surface area contributed by atoms with Crippen molar-refractivity contribution < 1.29 is 9.90 Å². The maximum atomic E-state index is 10.9. The average molecular weight is 351 g/mol. The molecule has 1 aromatic heterocycles. The summed E-state index contributed by atoms with van der Waals surface area (Å²) in [6.07, 6.45) is 1.26. The molecule has 0 fully saturated rings. The molecule has 0 saturated heterocycles. The number of benzene rings is 1. The molecule has 1 heterocycles. The Morgan fingerprint density at radius 3 is 2.30 bits per heavy atom. The van der Waals surface area contributed by atoms with Gasteiger partial charge in [-0.2, -0.15) is 0 Å². The van der Waals surface area contributed by atoms with Crippen LogP contribution in [0.4, 0.5) is 0 Å². The third-order valence-electron chi connectivity index (χ3n) is 2.61. The monoisotopic (exact) mass is 349 g/mol. The van der Waals surface area contributed by atoms with Gasteiger partial charge in [-0.25, -0.2) is 4.98 Å². The van der Waals surface area contributed by atoms with Crippen molar-refractivity contribution in [3.8, 4) is 11.1 Å². The number of aromatic nitrogens is 1. The van der Waals surface area contributed by atoms with Crippen LogP contribution in [0.3, 0.4) is 0 Å². The Balaban J connectivity index is 2.65. The van der Waals surface area contributed by atoms with Crippen molar-refractivity contribution in [3.05, 3.63) is 50.2 Å². The van der Waals surface area contributed by atoms with Crippen LogP contribution in [0.15, 0.2) is 24.4 Å². The Bertz CT molecular complexity index is 665. The van der Waals surface area contributed by atoms with Crippen LogP contribution in [-0.4, -0.2) is 16.1 Å². The summed E-state index contributed by atoms with van der Waals surface area (Å²) in [6.45, 7) is 0. The van der Waals surface area contributed by atoms with E-state index in [1.807, 2.05) is 0 Å². The summed E-state index contributed by atoms with van der Waals surface area (Å²) in [5.74, 6) is -0.973. The van der Waals surface area contributed by atoms with Gasteiger partial charge in [0.25, 0.3) is 0 Å². The summed E-state index contributed by atoms with van der Waals surface area (Å²) in [6, 6.07) is 4.74. The van der Waals surface area contributed by atoms with Crippen molar-refractivity contribution >= 4 is 52.4 Å². The number of aliphatic carboxylic acids is 1. The fourth-order valence-corrected chi connectivity index (χ4v) is 2.67. The van der Waals surface area contributed by atoms with E-state index in [1.54, 1.807) is 18.2 Å². The fraction of sp³-hybridized carbons (Fsp3) is 0.0769. The number of hydrogen-bond acceptors (Lipinski definition) is 2. The number of halogens is 4. The van der Waals surface area contributed by atoms with E-state index < -0.39 is 5.97 Å². The number of carboxylic acid groups (broad SMARTS) is 1. The lowest BCUT2D eigenvalue weighted by molar-refractivity contribution is -0.136. The van der Waals surface area contributed by atoms with Gasteiger partial charge in [0.1, 0.15) is 5.15 Å². The Hall–Kier alpha value is -1.000. The molecular formula is C13H7Cl4NO2. The van der Waals surface area contributed by atoms with Crippen molar-refractivity contribution in [3.63, 3.8) is 0 Å². The van der Waals surface area contributed by atoms with Crippen LogP contribution in [-0.2, 0) is 11.2 Å². The van der Waals surface area contributed by atoms with Crippen LogP contribution in [0, 0.1) is 0 Å². The van der Waals surface area contributed by atoms with Crippen molar-refractivity contribution in [2.24, 2.45) is 0 Å². The molecule has 0 unspecified atom stereocenters. The molecule has 0 spiro atoms. The second kappa shape index (κ2) is 6.19. The minimum atomic E-state index is -0.973. The third kappa shape index (κ3) is 3.18. The Morgan fingerprint density at radius 1 is 1.15 bits per heavy atom. The smallest absolute Gasteiger partial charge is 0.307 e. The van der Waals surface area contributed by atoms with Gasteiger partial charge in [0.15, 0.2) is 0 Å². The van der Waals surface area contributed by atoms with Crippen molar-refractivity contribution in [1.29, 1.82) is 0 Å². The second-order valence-electron chi connectivity index (χ2n) is 3.96. The van der Waals surface area contributed by atoms with Gasteiger partial charge in [0.05, 0.1) is 21.5 Å². The van der Waals surface area contributed by atoms with Gasteiger partial charge in [0.2, 0.25) is 0 Å². The van der Waals surface area contributed by atoms with Crippen LogP contribution >= 0.6 is 46.4 Å².